The maximum atomic E-state index is 11.9. The van der Waals surface area contributed by atoms with Crippen molar-refractivity contribution in [3.63, 3.8) is 0 Å². The lowest BCUT2D eigenvalue weighted by Gasteiger charge is -2.02. The van der Waals surface area contributed by atoms with Crippen molar-refractivity contribution >= 4 is 18.1 Å². The van der Waals surface area contributed by atoms with Gasteiger partial charge in [0.15, 0.2) is 0 Å². The molecule has 2 aromatic heterocycles. The van der Waals surface area contributed by atoms with Gasteiger partial charge in [0.05, 0.1) is 18.4 Å². The SMILES string of the molecule is CCOC(=O)c1ccc(-c2ccc(/C=N\NC(=O)c3ccncc3)o2)cc1. The fourth-order valence-corrected chi connectivity index (χ4v) is 2.28. The number of nitrogens with zero attached hydrogens (tertiary/aromatic N) is 2. The topological polar surface area (TPSA) is 93.8 Å². The lowest BCUT2D eigenvalue weighted by molar-refractivity contribution is 0.0526. The van der Waals surface area contributed by atoms with Crippen LogP contribution in [-0.4, -0.2) is 29.7 Å². The predicted molar refractivity (Wildman–Crippen MR) is 99.4 cm³/mol. The first-order valence-corrected chi connectivity index (χ1v) is 8.28. The minimum Gasteiger partial charge on any atom is -0.462 e. The van der Waals surface area contributed by atoms with Crippen molar-refractivity contribution in [2.75, 3.05) is 6.61 Å². The van der Waals surface area contributed by atoms with Gasteiger partial charge >= 0.3 is 5.97 Å². The molecule has 7 nitrogen and oxygen atoms in total. The van der Waals surface area contributed by atoms with Crippen LogP contribution in [0.3, 0.4) is 0 Å². The lowest BCUT2D eigenvalue weighted by Crippen LogP contribution is -2.17. The van der Waals surface area contributed by atoms with E-state index in [0.717, 1.165) is 5.56 Å². The van der Waals surface area contributed by atoms with Gasteiger partial charge in [-0.3, -0.25) is 9.78 Å². The van der Waals surface area contributed by atoms with Crippen LogP contribution in [0.1, 0.15) is 33.4 Å². The van der Waals surface area contributed by atoms with Gasteiger partial charge in [-0.25, -0.2) is 10.2 Å². The van der Waals surface area contributed by atoms with Crippen molar-refractivity contribution in [3.8, 4) is 11.3 Å². The Balaban J connectivity index is 1.63. The summed E-state index contributed by atoms with van der Waals surface area (Å²) in [6.45, 7) is 2.09. The molecule has 7 heteroatoms. The van der Waals surface area contributed by atoms with E-state index in [4.69, 9.17) is 9.15 Å². The van der Waals surface area contributed by atoms with Crippen LogP contribution >= 0.6 is 0 Å². The zero-order chi connectivity index (χ0) is 19.1. The summed E-state index contributed by atoms with van der Waals surface area (Å²) < 4.78 is 10.6. The maximum Gasteiger partial charge on any atom is 0.338 e. The number of hydrogen-bond donors (Lipinski definition) is 1. The van der Waals surface area contributed by atoms with Crippen molar-refractivity contribution in [3.05, 3.63) is 77.8 Å². The minimum atomic E-state index is -0.360. The first-order valence-electron chi connectivity index (χ1n) is 8.28. The molecule has 0 radical (unpaired) electrons. The Kier molecular flexibility index (Phi) is 5.73. The number of ether oxygens (including phenoxy) is 1. The zero-order valence-corrected chi connectivity index (χ0v) is 14.6. The average molecular weight is 363 g/mol. The molecule has 3 rings (SSSR count). The van der Waals surface area contributed by atoms with Crippen LogP contribution in [0.4, 0.5) is 0 Å². The molecular weight excluding hydrogens is 346 g/mol. The van der Waals surface area contributed by atoms with Crippen LogP contribution in [-0.2, 0) is 4.74 Å². The lowest BCUT2D eigenvalue weighted by atomic mass is 10.1. The average Bonchev–Trinajstić information content (AvgIpc) is 3.18. The molecule has 0 bridgehead atoms. The van der Waals surface area contributed by atoms with E-state index >= 15 is 0 Å². The molecule has 2 heterocycles. The van der Waals surface area contributed by atoms with Gasteiger partial charge in [0.1, 0.15) is 11.5 Å². The number of furan rings is 1. The van der Waals surface area contributed by atoms with E-state index in [-0.39, 0.29) is 11.9 Å². The largest absolute Gasteiger partial charge is 0.462 e. The van der Waals surface area contributed by atoms with E-state index in [1.165, 1.54) is 18.6 Å². The van der Waals surface area contributed by atoms with Gasteiger partial charge in [-0.1, -0.05) is 12.1 Å². The number of benzene rings is 1. The molecule has 0 aliphatic heterocycles. The number of pyridine rings is 1. The smallest absolute Gasteiger partial charge is 0.338 e. The van der Waals surface area contributed by atoms with E-state index < -0.39 is 0 Å². The highest BCUT2D eigenvalue weighted by molar-refractivity contribution is 5.94. The molecular formula is C20H17N3O4. The molecule has 0 aliphatic rings. The number of rotatable bonds is 6. The van der Waals surface area contributed by atoms with Gasteiger partial charge < -0.3 is 9.15 Å². The predicted octanol–water partition coefficient (Wildman–Crippen LogP) is 3.28. The van der Waals surface area contributed by atoms with Gasteiger partial charge in [0.2, 0.25) is 0 Å². The first kappa shape index (κ1) is 18.1. The number of carbonyl (C=O) groups is 2. The number of esters is 1. The summed E-state index contributed by atoms with van der Waals surface area (Å²) in [4.78, 5) is 27.4. The monoisotopic (exact) mass is 363 g/mol. The summed E-state index contributed by atoms with van der Waals surface area (Å²) in [6.07, 6.45) is 4.48. The van der Waals surface area contributed by atoms with Crippen LogP contribution in [0.25, 0.3) is 11.3 Å². The van der Waals surface area contributed by atoms with Gasteiger partial charge in [-0.15, -0.1) is 0 Å². The minimum absolute atomic E-state index is 0.333. The van der Waals surface area contributed by atoms with E-state index in [2.05, 4.69) is 15.5 Å². The second kappa shape index (κ2) is 8.57. The van der Waals surface area contributed by atoms with Crippen LogP contribution in [0.5, 0.6) is 0 Å². The van der Waals surface area contributed by atoms with E-state index in [1.54, 1.807) is 55.5 Å². The molecule has 0 aliphatic carbocycles. The first-order chi connectivity index (χ1) is 13.2. The number of amides is 1. The van der Waals surface area contributed by atoms with Crippen molar-refractivity contribution in [1.82, 2.24) is 10.4 Å². The second-order valence-corrected chi connectivity index (χ2v) is 5.43. The Morgan fingerprint density at radius 1 is 1.07 bits per heavy atom. The quantitative estimate of drug-likeness (QED) is 0.412. The van der Waals surface area contributed by atoms with Crippen molar-refractivity contribution in [1.29, 1.82) is 0 Å². The summed E-state index contributed by atoms with van der Waals surface area (Å²) in [6, 6.07) is 13.6. The third-order valence-corrected chi connectivity index (χ3v) is 3.61. The third kappa shape index (κ3) is 4.66. The molecule has 1 N–H and O–H groups in total. The molecule has 0 saturated carbocycles. The highest BCUT2D eigenvalue weighted by Crippen LogP contribution is 2.22. The molecule has 1 aromatic carbocycles. The Morgan fingerprint density at radius 2 is 1.81 bits per heavy atom. The molecule has 0 unspecified atom stereocenters. The Bertz CT molecular complexity index is 947. The normalized spacial score (nSPS) is 10.7. The van der Waals surface area contributed by atoms with E-state index in [9.17, 15) is 9.59 Å². The third-order valence-electron chi connectivity index (χ3n) is 3.61. The fourth-order valence-electron chi connectivity index (χ4n) is 2.28. The van der Waals surface area contributed by atoms with E-state index in [0.29, 0.717) is 29.3 Å². The van der Waals surface area contributed by atoms with Crippen LogP contribution in [0, 0.1) is 0 Å². The standard InChI is InChI=1S/C20H17N3O4/c1-2-26-20(25)16-5-3-14(4-6-16)18-8-7-17(27-18)13-22-23-19(24)15-9-11-21-12-10-15/h3-13H,2H2,1H3,(H,23,24)/b22-13-. The van der Waals surface area contributed by atoms with Gasteiger partial charge in [0.25, 0.3) is 5.91 Å². The summed E-state index contributed by atoms with van der Waals surface area (Å²) >= 11 is 0. The van der Waals surface area contributed by atoms with Crippen molar-refractivity contribution in [2.45, 2.75) is 6.92 Å². The fraction of sp³-hybridized carbons (Fsp3) is 0.100. The summed E-state index contributed by atoms with van der Waals surface area (Å²) in [7, 11) is 0. The number of hydrazone groups is 1. The number of hydrogen-bond acceptors (Lipinski definition) is 6. The molecule has 27 heavy (non-hydrogen) atoms. The highest BCUT2D eigenvalue weighted by atomic mass is 16.5. The second-order valence-electron chi connectivity index (χ2n) is 5.43. The molecule has 0 spiro atoms. The number of carbonyl (C=O) groups excluding carboxylic acids is 2. The number of aromatic nitrogens is 1. The Morgan fingerprint density at radius 3 is 2.52 bits per heavy atom. The van der Waals surface area contributed by atoms with Crippen LogP contribution in [0.15, 0.2) is 70.4 Å². The summed E-state index contributed by atoms with van der Waals surface area (Å²) in [5, 5.41) is 3.88. The zero-order valence-electron chi connectivity index (χ0n) is 14.6. The highest BCUT2D eigenvalue weighted by Gasteiger charge is 2.08. The Labute approximate surface area is 155 Å². The Hall–Kier alpha value is -3.74. The van der Waals surface area contributed by atoms with Gasteiger partial charge in [-0.05, 0) is 43.3 Å². The van der Waals surface area contributed by atoms with Crippen LogP contribution < -0.4 is 5.43 Å². The van der Waals surface area contributed by atoms with Gasteiger partial charge in [-0.2, -0.15) is 5.10 Å². The molecule has 3 aromatic rings. The van der Waals surface area contributed by atoms with Crippen LogP contribution in [0.2, 0.25) is 0 Å². The molecule has 0 saturated heterocycles. The van der Waals surface area contributed by atoms with Gasteiger partial charge in [0, 0.05) is 23.5 Å². The summed E-state index contributed by atoms with van der Waals surface area (Å²) in [5.41, 5.74) is 4.17. The van der Waals surface area contributed by atoms with E-state index in [1.807, 2.05) is 0 Å². The molecule has 0 atom stereocenters. The molecule has 136 valence electrons. The molecule has 1 amide bonds. The van der Waals surface area contributed by atoms with Crippen molar-refractivity contribution in [2.24, 2.45) is 5.10 Å². The molecule has 0 fully saturated rings. The van der Waals surface area contributed by atoms with Crippen molar-refractivity contribution < 1.29 is 18.7 Å². The maximum absolute atomic E-state index is 11.9. The number of nitrogens with one attached hydrogen (secondary N) is 1. The summed E-state index contributed by atoms with van der Waals surface area (Å²) in [5.74, 6) is 0.401.